The van der Waals surface area contributed by atoms with Crippen LogP contribution in [-0.2, 0) is 16.0 Å². The summed E-state index contributed by atoms with van der Waals surface area (Å²) in [5.41, 5.74) is 3.62. The number of carbonyl (C=O) groups excluding carboxylic acids is 2. The maximum absolute atomic E-state index is 13.8. The van der Waals surface area contributed by atoms with E-state index in [0.717, 1.165) is 50.6 Å². The summed E-state index contributed by atoms with van der Waals surface area (Å²) in [5.74, 6) is -0.792. The number of nitrogens with zero attached hydrogens (tertiary/aromatic N) is 2. The summed E-state index contributed by atoms with van der Waals surface area (Å²) in [4.78, 5) is 31.0. The van der Waals surface area contributed by atoms with E-state index in [0.29, 0.717) is 23.4 Å². The summed E-state index contributed by atoms with van der Waals surface area (Å²) in [6.45, 7) is 0.664. The van der Waals surface area contributed by atoms with E-state index in [1.54, 1.807) is 12.1 Å². The molecule has 0 unspecified atom stereocenters. The number of anilines is 1. The van der Waals surface area contributed by atoms with Gasteiger partial charge < -0.3 is 4.90 Å². The fourth-order valence-corrected chi connectivity index (χ4v) is 5.26. The summed E-state index contributed by atoms with van der Waals surface area (Å²) in [7, 11) is 0. The summed E-state index contributed by atoms with van der Waals surface area (Å²) in [6.07, 6.45) is 8.15. The van der Waals surface area contributed by atoms with Crippen LogP contribution in [0.25, 0.3) is 5.57 Å². The molecule has 2 amide bonds. The van der Waals surface area contributed by atoms with E-state index in [1.165, 1.54) is 29.0 Å². The van der Waals surface area contributed by atoms with Crippen molar-refractivity contribution in [2.24, 2.45) is 0 Å². The molecular formula is C26H27FN2O2. The first-order chi connectivity index (χ1) is 15.1. The van der Waals surface area contributed by atoms with E-state index in [2.05, 4.69) is 6.07 Å². The number of halogens is 1. The quantitative estimate of drug-likeness (QED) is 0.653. The minimum atomic E-state index is -0.355. The van der Waals surface area contributed by atoms with E-state index in [-0.39, 0.29) is 23.7 Å². The zero-order valence-corrected chi connectivity index (χ0v) is 17.6. The molecule has 31 heavy (non-hydrogen) atoms. The summed E-state index contributed by atoms with van der Waals surface area (Å²) in [6, 6.07) is 13.9. The third kappa shape index (κ3) is 3.56. The van der Waals surface area contributed by atoms with Crippen molar-refractivity contribution in [2.75, 3.05) is 11.4 Å². The molecule has 2 heterocycles. The first kappa shape index (κ1) is 20.0. The molecule has 1 saturated carbocycles. The van der Waals surface area contributed by atoms with Crippen LogP contribution in [0.5, 0.6) is 0 Å². The summed E-state index contributed by atoms with van der Waals surface area (Å²) in [5, 5.41) is 0. The number of imide groups is 1. The van der Waals surface area contributed by atoms with Crippen molar-refractivity contribution in [1.29, 1.82) is 0 Å². The molecule has 160 valence electrons. The van der Waals surface area contributed by atoms with Gasteiger partial charge in [-0.05, 0) is 48.6 Å². The number of rotatable bonds is 3. The number of para-hydroxylation sites is 1. The van der Waals surface area contributed by atoms with Crippen LogP contribution < -0.4 is 4.90 Å². The Labute approximate surface area is 182 Å². The van der Waals surface area contributed by atoms with E-state index in [9.17, 15) is 14.0 Å². The second-order valence-corrected chi connectivity index (χ2v) is 8.74. The molecule has 1 aliphatic carbocycles. The van der Waals surface area contributed by atoms with Gasteiger partial charge in [-0.1, -0.05) is 62.4 Å². The molecule has 2 aromatic carbocycles. The second kappa shape index (κ2) is 8.29. The molecule has 0 radical (unpaired) electrons. The van der Waals surface area contributed by atoms with E-state index < -0.39 is 0 Å². The Morgan fingerprint density at radius 1 is 0.806 bits per heavy atom. The fourth-order valence-electron chi connectivity index (χ4n) is 5.26. The molecule has 0 N–H and O–H groups in total. The van der Waals surface area contributed by atoms with Gasteiger partial charge in [0, 0.05) is 18.3 Å². The van der Waals surface area contributed by atoms with Gasteiger partial charge in [-0.25, -0.2) is 4.39 Å². The highest BCUT2D eigenvalue weighted by atomic mass is 19.1. The molecule has 0 aromatic heterocycles. The van der Waals surface area contributed by atoms with Gasteiger partial charge in [0.15, 0.2) is 0 Å². The van der Waals surface area contributed by atoms with Crippen molar-refractivity contribution in [3.8, 4) is 0 Å². The van der Waals surface area contributed by atoms with Gasteiger partial charge in [-0.3, -0.25) is 14.5 Å². The van der Waals surface area contributed by atoms with Crippen molar-refractivity contribution in [2.45, 2.75) is 57.4 Å². The van der Waals surface area contributed by atoms with Crippen LogP contribution >= 0.6 is 0 Å². The first-order valence-electron chi connectivity index (χ1n) is 11.4. The van der Waals surface area contributed by atoms with Crippen LogP contribution in [0.4, 0.5) is 10.1 Å². The Balaban J connectivity index is 1.59. The highest BCUT2D eigenvalue weighted by Crippen LogP contribution is 2.40. The molecule has 0 atom stereocenters. The lowest BCUT2D eigenvalue weighted by Gasteiger charge is -2.29. The minimum Gasteiger partial charge on any atom is -0.336 e. The predicted molar refractivity (Wildman–Crippen MR) is 119 cm³/mol. The monoisotopic (exact) mass is 418 g/mol. The van der Waals surface area contributed by atoms with Crippen LogP contribution in [0, 0.1) is 5.82 Å². The number of hydrogen-bond acceptors (Lipinski definition) is 3. The molecule has 1 fully saturated rings. The molecule has 0 saturated heterocycles. The van der Waals surface area contributed by atoms with Crippen molar-refractivity contribution in [3.05, 3.63) is 71.2 Å². The molecule has 3 aliphatic rings. The lowest BCUT2D eigenvalue weighted by molar-refractivity contribution is -0.140. The summed E-state index contributed by atoms with van der Waals surface area (Å²) < 4.78 is 13.6. The fraction of sp³-hybridized carbons (Fsp3) is 0.385. The number of benzene rings is 2. The number of amides is 2. The zero-order chi connectivity index (χ0) is 21.4. The van der Waals surface area contributed by atoms with E-state index >= 15 is 0 Å². The SMILES string of the molecule is O=C1C(c2ccc(F)cc2)=C(N2CCc3ccccc32)C(=O)N1C1CCCCCCC1. The molecule has 2 aliphatic heterocycles. The number of hydrogen-bond donors (Lipinski definition) is 0. The van der Waals surface area contributed by atoms with Gasteiger partial charge in [0.1, 0.15) is 11.5 Å². The van der Waals surface area contributed by atoms with Crippen LogP contribution in [0.2, 0.25) is 0 Å². The molecule has 0 bridgehead atoms. The smallest absolute Gasteiger partial charge is 0.278 e. The third-order valence-electron chi connectivity index (χ3n) is 6.82. The summed E-state index contributed by atoms with van der Waals surface area (Å²) >= 11 is 0. The van der Waals surface area contributed by atoms with Crippen molar-refractivity contribution in [1.82, 2.24) is 4.90 Å². The van der Waals surface area contributed by atoms with E-state index in [1.807, 2.05) is 23.1 Å². The highest BCUT2D eigenvalue weighted by Gasteiger charge is 2.45. The highest BCUT2D eigenvalue weighted by molar-refractivity contribution is 6.37. The molecule has 4 nitrogen and oxygen atoms in total. The average molecular weight is 419 g/mol. The Hall–Kier alpha value is -2.95. The van der Waals surface area contributed by atoms with E-state index in [4.69, 9.17) is 0 Å². The van der Waals surface area contributed by atoms with Crippen molar-refractivity contribution < 1.29 is 14.0 Å². The van der Waals surface area contributed by atoms with Gasteiger partial charge in [-0.2, -0.15) is 0 Å². The zero-order valence-electron chi connectivity index (χ0n) is 17.6. The molecule has 5 heteroatoms. The maximum Gasteiger partial charge on any atom is 0.278 e. The second-order valence-electron chi connectivity index (χ2n) is 8.74. The van der Waals surface area contributed by atoms with Gasteiger partial charge in [0.05, 0.1) is 5.57 Å². The Kier molecular flexibility index (Phi) is 5.34. The first-order valence-corrected chi connectivity index (χ1v) is 11.4. The lowest BCUT2D eigenvalue weighted by Crippen LogP contribution is -2.42. The largest absolute Gasteiger partial charge is 0.336 e. The van der Waals surface area contributed by atoms with Crippen LogP contribution in [0.1, 0.15) is 56.1 Å². The van der Waals surface area contributed by atoms with Gasteiger partial charge in [0.2, 0.25) is 0 Å². The minimum absolute atomic E-state index is 0.0638. The van der Waals surface area contributed by atoms with Gasteiger partial charge in [-0.15, -0.1) is 0 Å². The van der Waals surface area contributed by atoms with Crippen molar-refractivity contribution in [3.63, 3.8) is 0 Å². The lowest BCUT2D eigenvalue weighted by atomic mass is 9.95. The number of fused-ring (bicyclic) bond motifs is 1. The van der Waals surface area contributed by atoms with Crippen LogP contribution in [0.3, 0.4) is 0 Å². The van der Waals surface area contributed by atoms with Crippen LogP contribution in [-0.4, -0.2) is 29.3 Å². The topological polar surface area (TPSA) is 40.6 Å². The molecule has 2 aromatic rings. The maximum atomic E-state index is 13.8. The Morgan fingerprint density at radius 3 is 2.23 bits per heavy atom. The molecule has 0 spiro atoms. The Bertz CT molecular complexity index is 1040. The molecule has 5 rings (SSSR count). The van der Waals surface area contributed by atoms with Crippen LogP contribution in [0.15, 0.2) is 54.2 Å². The standard InChI is InChI=1S/C26H27FN2O2/c27-20-14-12-19(13-15-20)23-24(28-17-16-18-8-6-7-11-22(18)28)26(31)29(25(23)30)21-9-4-2-1-3-5-10-21/h6-8,11-15,21H,1-5,9-10,16-17H2. The predicted octanol–water partition coefficient (Wildman–Crippen LogP) is 5.08. The van der Waals surface area contributed by atoms with Crippen molar-refractivity contribution >= 4 is 23.1 Å². The molecular weight excluding hydrogens is 391 g/mol. The normalized spacial score (nSPS) is 20.3. The average Bonchev–Trinajstić information content (AvgIpc) is 3.28. The Morgan fingerprint density at radius 2 is 1.48 bits per heavy atom. The third-order valence-corrected chi connectivity index (χ3v) is 6.82. The van der Waals surface area contributed by atoms with Gasteiger partial charge in [0.25, 0.3) is 11.8 Å². The van der Waals surface area contributed by atoms with Gasteiger partial charge >= 0.3 is 0 Å². The number of carbonyl (C=O) groups is 2.